The zero-order valence-corrected chi connectivity index (χ0v) is 12.5. The van der Waals surface area contributed by atoms with E-state index in [2.05, 4.69) is 25.6 Å². The largest absolute Gasteiger partial charge is 0.263 e. The van der Waals surface area contributed by atoms with Gasteiger partial charge in [0, 0.05) is 16.9 Å². The number of halogens is 1. The Labute approximate surface area is 111 Å². The topological polar surface area (TPSA) is 59.1 Å². The van der Waals surface area contributed by atoms with E-state index in [1.807, 2.05) is 19.9 Å². The lowest BCUT2D eigenvalue weighted by Crippen LogP contribution is -2.32. The van der Waals surface area contributed by atoms with Gasteiger partial charge in [0.05, 0.1) is 11.8 Å². The van der Waals surface area contributed by atoms with Crippen molar-refractivity contribution < 1.29 is 8.42 Å². The molecule has 4 nitrogen and oxygen atoms in total. The van der Waals surface area contributed by atoms with E-state index in [1.165, 1.54) is 0 Å². The second-order valence-corrected chi connectivity index (χ2v) is 7.14. The molecule has 0 amide bonds. The highest BCUT2D eigenvalue weighted by molar-refractivity contribution is 9.10. The summed E-state index contributed by atoms with van der Waals surface area (Å²) >= 11 is 3.34. The standard InChI is InChI=1S/C11H17BrN2O2S/c1-4-17(15,16)14-11(8(2)3)9-5-10(12)7-13-6-9/h5-8,11,14H,4H2,1-3H3. The molecule has 0 radical (unpaired) electrons. The van der Waals surface area contributed by atoms with Crippen LogP contribution in [0.2, 0.25) is 0 Å². The Morgan fingerprint density at radius 2 is 2.06 bits per heavy atom. The minimum atomic E-state index is -3.22. The molecule has 0 aliphatic heterocycles. The van der Waals surface area contributed by atoms with E-state index in [-0.39, 0.29) is 17.7 Å². The lowest BCUT2D eigenvalue weighted by Gasteiger charge is -2.22. The van der Waals surface area contributed by atoms with Crippen LogP contribution in [-0.4, -0.2) is 19.2 Å². The minimum Gasteiger partial charge on any atom is -0.263 e. The highest BCUT2D eigenvalue weighted by Crippen LogP contribution is 2.24. The van der Waals surface area contributed by atoms with Gasteiger partial charge >= 0.3 is 0 Å². The van der Waals surface area contributed by atoms with E-state index >= 15 is 0 Å². The maximum absolute atomic E-state index is 11.6. The molecule has 1 aromatic heterocycles. The summed E-state index contributed by atoms with van der Waals surface area (Å²) in [6.07, 6.45) is 3.36. The van der Waals surface area contributed by atoms with Crippen molar-refractivity contribution in [2.75, 3.05) is 5.75 Å². The molecule has 0 fully saturated rings. The molecule has 0 spiro atoms. The summed E-state index contributed by atoms with van der Waals surface area (Å²) in [7, 11) is -3.22. The van der Waals surface area contributed by atoms with Crippen LogP contribution < -0.4 is 4.72 Å². The van der Waals surface area contributed by atoms with Gasteiger partial charge < -0.3 is 0 Å². The van der Waals surface area contributed by atoms with Crippen LogP contribution in [0.3, 0.4) is 0 Å². The Kier molecular flexibility index (Phi) is 5.09. The van der Waals surface area contributed by atoms with Crippen LogP contribution in [0.1, 0.15) is 32.4 Å². The van der Waals surface area contributed by atoms with Gasteiger partial charge in [0.2, 0.25) is 10.0 Å². The molecular weight excluding hydrogens is 304 g/mol. The molecule has 1 heterocycles. The second kappa shape index (κ2) is 5.93. The molecule has 0 saturated heterocycles. The summed E-state index contributed by atoms with van der Waals surface area (Å²) in [6, 6.07) is 1.64. The van der Waals surface area contributed by atoms with Gasteiger partial charge in [-0.15, -0.1) is 0 Å². The lowest BCUT2D eigenvalue weighted by atomic mass is 9.99. The van der Waals surface area contributed by atoms with Crippen LogP contribution in [0.25, 0.3) is 0 Å². The van der Waals surface area contributed by atoms with E-state index in [9.17, 15) is 8.42 Å². The van der Waals surface area contributed by atoms with Crippen molar-refractivity contribution in [1.82, 2.24) is 9.71 Å². The molecule has 1 aromatic rings. The molecule has 0 bridgehead atoms. The number of nitrogens with one attached hydrogen (secondary N) is 1. The first-order chi connectivity index (χ1) is 7.85. The molecule has 0 aliphatic rings. The fourth-order valence-corrected chi connectivity index (χ4v) is 2.81. The monoisotopic (exact) mass is 320 g/mol. The average molecular weight is 321 g/mol. The molecular formula is C11H17BrN2O2S. The first-order valence-electron chi connectivity index (χ1n) is 5.46. The summed E-state index contributed by atoms with van der Waals surface area (Å²) in [6.45, 7) is 5.58. The lowest BCUT2D eigenvalue weighted by molar-refractivity contribution is 0.462. The summed E-state index contributed by atoms with van der Waals surface area (Å²) < 4.78 is 26.8. The van der Waals surface area contributed by atoms with Crippen molar-refractivity contribution >= 4 is 26.0 Å². The van der Waals surface area contributed by atoms with Crippen molar-refractivity contribution in [2.24, 2.45) is 5.92 Å². The molecule has 1 rings (SSSR count). The maximum atomic E-state index is 11.6. The SMILES string of the molecule is CCS(=O)(=O)NC(c1cncc(Br)c1)C(C)C. The molecule has 0 saturated carbocycles. The predicted octanol–water partition coefficient (Wildman–Crippen LogP) is 2.48. The van der Waals surface area contributed by atoms with Gasteiger partial charge in [-0.2, -0.15) is 0 Å². The normalized spacial score (nSPS) is 13.9. The van der Waals surface area contributed by atoms with Crippen molar-refractivity contribution in [2.45, 2.75) is 26.8 Å². The maximum Gasteiger partial charge on any atom is 0.211 e. The third-order valence-corrected chi connectivity index (χ3v) is 4.25. The Balaban J connectivity index is 3.02. The van der Waals surface area contributed by atoms with Crippen LogP contribution in [0.4, 0.5) is 0 Å². The van der Waals surface area contributed by atoms with E-state index in [1.54, 1.807) is 19.3 Å². The molecule has 1 N–H and O–H groups in total. The number of hydrogen-bond acceptors (Lipinski definition) is 3. The summed E-state index contributed by atoms with van der Waals surface area (Å²) in [4.78, 5) is 4.06. The van der Waals surface area contributed by atoms with E-state index in [4.69, 9.17) is 0 Å². The van der Waals surface area contributed by atoms with Gasteiger partial charge in [0.25, 0.3) is 0 Å². The van der Waals surface area contributed by atoms with E-state index in [0.29, 0.717) is 0 Å². The molecule has 0 aliphatic carbocycles. The quantitative estimate of drug-likeness (QED) is 0.906. The number of rotatable bonds is 5. The first-order valence-corrected chi connectivity index (χ1v) is 7.90. The van der Waals surface area contributed by atoms with Gasteiger partial charge in [0.1, 0.15) is 0 Å². The molecule has 1 unspecified atom stereocenters. The molecule has 17 heavy (non-hydrogen) atoms. The van der Waals surface area contributed by atoms with E-state index in [0.717, 1.165) is 10.0 Å². The minimum absolute atomic E-state index is 0.0810. The number of nitrogens with zero attached hydrogens (tertiary/aromatic N) is 1. The fourth-order valence-electron chi connectivity index (χ4n) is 1.46. The van der Waals surface area contributed by atoms with Crippen LogP contribution in [0, 0.1) is 5.92 Å². The Morgan fingerprint density at radius 3 is 2.53 bits per heavy atom. The first kappa shape index (κ1) is 14.6. The Morgan fingerprint density at radius 1 is 1.41 bits per heavy atom. The third-order valence-electron chi connectivity index (χ3n) is 2.44. The predicted molar refractivity (Wildman–Crippen MR) is 72.1 cm³/mol. The van der Waals surface area contributed by atoms with Crippen molar-refractivity contribution in [3.63, 3.8) is 0 Å². The molecule has 6 heteroatoms. The van der Waals surface area contributed by atoms with Crippen LogP contribution in [0.5, 0.6) is 0 Å². The van der Waals surface area contributed by atoms with Gasteiger partial charge in [-0.3, -0.25) is 4.98 Å². The highest BCUT2D eigenvalue weighted by atomic mass is 79.9. The van der Waals surface area contributed by atoms with Gasteiger partial charge in [-0.1, -0.05) is 13.8 Å². The number of pyridine rings is 1. The molecule has 96 valence electrons. The zero-order valence-electron chi connectivity index (χ0n) is 10.1. The van der Waals surface area contributed by atoms with Crippen molar-refractivity contribution in [1.29, 1.82) is 0 Å². The van der Waals surface area contributed by atoms with Gasteiger partial charge in [-0.25, -0.2) is 13.1 Å². The fraction of sp³-hybridized carbons (Fsp3) is 0.545. The zero-order chi connectivity index (χ0) is 13.1. The highest BCUT2D eigenvalue weighted by Gasteiger charge is 2.21. The summed E-state index contributed by atoms with van der Waals surface area (Å²) in [5.74, 6) is 0.241. The number of sulfonamides is 1. The second-order valence-electron chi connectivity index (χ2n) is 4.18. The van der Waals surface area contributed by atoms with Gasteiger partial charge in [0.15, 0.2) is 0 Å². The molecule has 1 atom stereocenters. The Hall–Kier alpha value is -0.460. The number of hydrogen-bond donors (Lipinski definition) is 1. The van der Waals surface area contributed by atoms with Crippen LogP contribution in [-0.2, 0) is 10.0 Å². The van der Waals surface area contributed by atoms with Crippen molar-refractivity contribution in [3.05, 3.63) is 28.5 Å². The van der Waals surface area contributed by atoms with E-state index < -0.39 is 10.0 Å². The van der Waals surface area contributed by atoms with Gasteiger partial charge in [-0.05, 0) is 40.4 Å². The summed E-state index contributed by atoms with van der Waals surface area (Å²) in [5, 5.41) is 0. The number of aromatic nitrogens is 1. The summed E-state index contributed by atoms with van der Waals surface area (Å²) in [5.41, 5.74) is 0.867. The molecule has 0 aromatic carbocycles. The smallest absolute Gasteiger partial charge is 0.211 e. The van der Waals surface area contributed by atoms with Crippen LogP contribution >= 0.6 is 15.9 Å². The van der Waals surface area contributed by atoms with Crippen molar-refractivity contribution in [3.8, 4) is 0 Å². The average Bonchev–Trinajstić information content (AvgIpc) is 2.25. The van der Waals surface area contributed by atoms with Crippen LogP contribution in [0.15, 0.2) is 22.9 Å². The third kappa shape index (κ3) is 4.37. The Bertz CT molecular complexity index is 474.